The maximum atomic E-state index is 12.0. The molecule has 3 heterocycles. The first-order valence-electron chi connectivity index (χ1n) is 6.40. The van der Waals surface area contributed by atoms with Crippen LogP contribution >= 0.6 is 34.2 Å². The van der Waals surface area contributed by atoms with Gasteiger partial charge in [0.25, 0.3) is 5.56 Å². The van der Waals surface area contributed by atoms with Crippen molar-refractivity contribution in [3.8, 4) is 0 Å². The van der Waals surface area contributed by atoms with Crippen LogP contribution in [-0.2, 0) is 14.2 Å². The number of nitrogens with zero attached hydrogens (tertiary/aromatic N) is 1. The molecular weight excluding hydrogens is 414 g/mol. The first kappa shape index (κ1) is 15.5. The molecule has 2 aliphatic rings. The van der Waals surface area contributed by atoms with E-state index >= 15 is 0 Å². The van der Waals surface area contributed by atoms with Crippen LogP contribution in [0.1, 0.15) is 20.1 Å². The van der Waals surface area contributed by atoms with Crippen LogP contribution in [0.3, 0.4) is 0 Å². The van der Waals surface area contributed by atoms with Crippen LogP contribution in [0, 0.1) is 0 Å². The molecule has 116 valence electrons. The highest BCUT2D eigenvalue weighted by Crippen LogP contribution is 2.43. The van der Waals surface area contributed by atoms with Gasteiger partial charge in [0.2, 0.25) is 0 Å². The molecule has 21 heavy (non-hydrogen) atoms. The van der Waals surface area contributed by atoms with Crippen molar-refractivity contribution < 1.29 is 14.2 Å². The van der Waals surface area contributed by atoms with E-state index < -0.39 is 29.4 Å². The summed E-state index contributed by atoms with van der Waals surface area (Å²) in [6, 6.07) is 0. The molecule has 2 aliphatic heterocycles. The van der Waals surface area contributed by atoms with Crippen LogP contribution in [0.5, 0.6) is 0 Å². The average Bonchev–Trinajstić information content (AvgIpc) is 2.87. The predicted molar refractivity (Wildman–Crippen MR) is 83.0 cm³/mol. The van der Waals surface area contributed by atoms with Crippen LogP contribution in [0.25, 0.3) is 0 Å². The highest BCUT2D eigenvalue weighted by atomic mass is 127. The van der Waals surface area contributed by atoms with E-state index in [0.29, 0.717) is 4.43 Å². The van der Waals surface area contributed by atoms with Crippen molar-refractivity contribution in [1.29, 1.82) is 0 Å². The number of aromatic nitrogens is 2. The standard InChI is InChI=1S/C12H14ClIN2O5/c1-12(2)20-7-6(3-14)19-10(8(7)21-12)16-4-5(13)9(17)15-11(16)18/h4,6-8,10H,3H2,1-2H3,(H,15,17,18)/t6-,7+,8+,10-/m1/s1. The molecule has 1 N–H and O–H groups in total. The number of nitrogens with one attached hydrogen (secondary N) is 1. The maximum Gasteiger partial charge on any atom is 0.330 e. The minimum absolute atomic E-state index is 0.0779. The van der Waals surface area contributed by atoms with Gasteiger partial charge in [-0.1, -0.05) is 34.2 Å². The molecule has 2 fully saturated rings. The summed E-state index contributed by atoms with van der Waals surface area (Å²) in [6.07, 6.45) is -0.299. The lowest BCUT2D eigenvalue weighted by Gasteiger charge is -2.24. The van der Waals surface area contributed by atoms with Crippen LogP contribution in [0.4, 0.5) is 0 Å². The SMILES string of the molecule is CC1(C)O[C@@H]2[C@H](O1)[C@H](n1cc(Cl)c(=O)[nH]c1=O)O[C@@H]2CI. The molecule has 0 aliphatic carbocycles. The molecule has 1 aromatic heterocycles. The second kappa shape index (κ2) is 5.34. The molecule has 0 unspecified atom stereocenters. The summed E-state index contributed by atoms with van der Waals surface area (Å²) in [6.45, 7) is 3.63. The molecule has 3 rings (SSSR count). The molecule has 0 amide bonds. The summed E-state index contributed by atoms with van der Waals surface area (Å²) in [7, 11) is 0. The average molecular weight is 429 g/mol. The number of hydrogen-bond acceptors (Lipinski definition) is 5. The van der Waals surface area contributed by atoms with Crippen molar-refractivity contribution in [1.82, 2.24) is 9.55 Å². The van der Waals surface area contributed by atoms with E-state index in [1.165, 1.54) is 10.8 Å². The fourth-order valence-corrected chi connectivity index (χ4v) is 3.52. The predicted octanol–water partition coefficient (Wildman–Crippen LogP) is 1.04. The molecule has 9 heteroatoms. The van der Waals surface area contributed by atoms with Crippen molar-refractivity contribution >= 4 is 34.2 Å². The number of aromatic amines is 1. The van der Waals surface area contributed by atoms with Crippen LogP contribution < -0.4 is 11.2 Å². The number of rotatable bonds is 2. The molecule has 0 saturated carbocycles. The lowest BCUT2D eigenvalue weighted by molar-refractivity contribution is -0.194. The largest absolute Gasteiger partial charge is 0.348 e. The van der Waals surface area contributed by atoms with Gasteiger partial charge in [-0.25, -0.2) is 4.79 Å². The fraction of sp³-hybridized carbons (Fsp3) is 0.667. The smallest absolute Gasteiger partial charge is 0.330 e. The first-order chi connectivity index (χ1) is 9.82. The number of halogens is 2. The van der Waals surface area contributed by atoms with E-state index in [9.17, 15) is 9.59 Å². The lowest BCUT2D eigenvalue weighted by atomic mass is 10.1. The first-order valence-corrected chi connectivity index (χ1v) is 8.31. The van der Waals surface area contributed by atoms with Crippen LogP contribution in [-0.4, -0.2) is 38.1 Å². The van der Waals surface area contributed by atoms with Crippen molar-refractivity contribution in [2.24, 2.45) is 0 Å². The number of ether oxygens (including phenoxy) is 3. The summed E-state index contributed by atoms with van der Waals surface area (Å²) in [5.74, 6) is -0.739. The van der Waals surface area contributed by atoms with Crippen LogP contribution in [0.15, 0.2) is 15.8 Å². The lowest BCUT2D eigenvalue weighted by Crippen LogP contribution is -2.37. The molecule has 0 radical (unpaired) electrons. The Kier molecular flexibility index (Phi) is 3.93. The Bertz CT molecular complexity index is 672. The zero-order valence-electron chi connectivity index (χ0n) is 11.3. The minimum atomic E-state index is -0.739. The third-order valence-corrected chi connectivity index (χ3v) is 4.61. The molecule has 2 saturated heterocycles. The second-order valence-electron chi connectivity index (χ2n) is 5.43. The quantitative estimate of drug-likeness (QED) is 0.562. The summed E-state index contributed by atoms with van der Waals surface area (Å²) >= 11 is 8.00. The Hall–Kier alpha value is -0.420. The molecule has 0 bridgehead atoms. The number of alkyl halides is 1. The third kappa shape index (κ3) is 2.67. The Balaban J connectivity index is 2.01. The molecular formula is C12H14ClIN2O5. The van der Waals surface area contributed by atoms with Gasteiger partial charge in [-0.15, -0.1) is 0 Å². The fourth-order valence-electron chi connectivity index (χ4n) is 2.66. The van der Waals surface area contributed by atoms with Crippen molar-refractivity contribution in [3.05, 3.63) is 32.1 Å². The van der Waals surface area contributed by atoms with Gasteiger partial charge in [0.1, 0.15) is 17.2 Å². The highest BCUT2D eigenvalue weighted by Gasteiger charge is 2.55. The monoisotopic (exact) mass is 428 g/mol. The van der Waals surface area contributed by atoms with E-state index in [2.05, 4.69) is 27.6 Å². The Labute approximate surface area is 138 Å². The Morgan fingerprint density at radius 3 is 2.71 bits per heavy atom. The van der Waals surface area contributed by atoms with Crippen LogP contribution in [0.2, 0.25) is 5.02 Å². The number of H-pyrrole nitrogens is 1. The summed E-state index contributed by atoms with van der Waals surface area (Å²) in [5, 5.41) is -0.0779. The van der Waals surface area contributed by atoms with Gasteiger partial charge in [0.15, 0.2) is 12.0 Å². The molecule has 7 nitrogen and oxygen atoms in total. The maximum absolute atomic E-state index is 12.0. The van der Waals surface area contributed by atoms with Gasteiger partial charge < -0.3 is 14.2 Å². The van der Waals surface area contributed by atoms with Gasteiger partial charge in [-0.05, 0) is 13.8 Å². The van der Waals surface area contributed by atoms with E-state index in [4.69, 9.17) is 25.8 Å². The van der Waals surface area contributed by atoms with E-state index in [-0.39, 0.29) is 17.2 Å². The zero-order chi connectivity index (χ0) is 15.4. The zero-order valence-corrected chi connectivity index (χ0v) is 14.3. The minimum Gasteiger partial charge on any atom is -0.348 e. The van der Waals surface area contributed by atoms with Crippen molar-refractivity contribution in [2.75, 3.05) is 4.43 Å². The van der Waals surface area contributed by atoms with Gasteiger partial charge in [-0.2, -0.15) is 0 Å². The second-order valence-corrected chi connectivity index (χ2v) is 6.72. The molecule has 1 aromatic rings. The summed E-state index contributed by atoms with van der Waals surface area (Å²) in [4.78, 5) is 25.5. The number of fused-ring (bicyclic) bond motifs is 1. The number of hydrogen-bond donors (Lipinski definition) is 1. The Morgan fingerprint density at radius 2 is 2.05 bits per heavy atom. The normalized spacial score (nSPS) is 34.1. The van der Waals surface area contributed by atoms with Crippen molar-refractivity contribution in [2.45, 2.75) is 44.2 Å². The third-order valence-electron chi connectivity index (χ3n) is 3.48. The Morgan fingerprint density at radius 1 is 1.38 bits per heavy atom. The topological polar surface area (TPSA) is 82.5 Å². The van der Waals surface area contributed by atoms with Gasteiger partial charge in [0.05, 0.1) is 6.10 Å². The van der Waals surface area contributed by atoms with Gasteiger partial charge in [-0.3, -0.25) is 14.3 Å². The van der Waals surface area contributed by atoms with E-state index in [1.807, 2.05) is 13.8 Å². The highest BCUT2D eigenvalue weighted by molar-refractivity contribution is 14.1. The molecule has 0 spiro atoms. The molecule has 4 atom stereocenters. The van der Waals surface area contributed by atoms with Crippen molar-refractivity contribution in [3.63, 3.8) is 0 Å². The van der Waals surface area contributed by atoms with E-state index in [0.717, 1.165) is 0 Å². The molecule has 0 aromatic carbocycles. The van der Waals surface area contributed by atoms with Gasteiger partial charge in [0, 0.05) is 10.6 Å². The van der Waals surface area contributed by atoms with E-state index in [1.54, 1.807) is 0 Å². The summed E-state index contributed by atoms with van der Waals surface area (Å²) < 4.78 is 19.5. The summed E-state index contributed by atoms with van der Waals surface area (Å²) in [5.41, 5.74) is -1.21. The van der Waals surface area contributed by atoms with Gasteiger partial charge >= 0.3 is 5.69 Å².